The molecule has 6 heteroatoms. The molecule has 0 bridgehead atoms. The van der Waals surface area contributed by atoms with Gasteiger partial charge in [0.2, 0.25) is 0 Å². The SMILES string of the molecule is CN(C)C=Nc1ncnc2ncn(-c3ccccc3)c12. The molecule has 100 valence electrons. The summed E-state index contributed by atoms with van der Waals surface area (Å²) >= 11 is 0. The molecular weight excluding hydrogens is 252 g/mol. The Balaban J connectivity index is 2.20. The number of hydrogen-bond donors (Lipinski definition) is 0. The van der Waals surface area contributed by atoms with Crippen LogP contribution in [-0.4, -0.2) is 44.9 Å². The van der Waals surface area contributed by atoms with Crippen LogP contribution in [0.5, 0.6) is 0 Å². The molecular formula is C14H14N6. The highest BCUT2D eigenvalue weighted by Crippen LogP contribution is 2.23. The molecule has 0 amide bonds. The van der Waals surface area contributed by atoms with E-state index >= 15 is 0 Å². The molecule has 1 aromatic carbocycles. The van der Waals surface area contributed by atoms with Gasteiger partial charge in [-0.2, -0.15) is 0 Å². The van der Waals surface area contributed by atoms with Crippen LogP contribution in [-0.2, 0) is 0 Å². The predicted octanol–water partition coefficient (Wildman–Crippen LogP) is 2.04. The van der Waals surface area contributed by atoms with Gasteiger partial charge in [0.15, 0.2) is 11.5 Å². The number of imidazole rings is 1. The minimum Gasteiger partial charge on any atom is -0.369 e. The van der Waals surface area contributed by atoms with Gasteiger partial charge in [0.1, 0.15) is 18.2 Å². The molecule has 0 spiro atoms. The number of rotatable bonds is 3. The Morgan fingerprint density at radius 3 is 2.65 bits per heavy atom. The van der Waals surface area contributed by atoms with E-state index in [2.05, 4.69) is 19.9 Å². The van der Waals surface area contributed by atoms with Crippen molar-refractivity contribution in [3.63, 3.8) is 0 Å². The summed E-state index contributed by atoms with van der Waals surface area (Å²) in [6, 6.07) is 9.95. The van der Waals surface area contributed by atoms with Crippen LogP contribution in [0.1, 0.15) is 0 Å². The van der Waals surface area contributed by atoms with Gasteiger partial charge in [-0.15, -0.1) is 0 Å². The zero-order valence-electron chi connectivity index (χ0n) is 11.3. The summed E-state index contributed by atoms with van der Waals surface area (Å²) in [4.78, 5) is 19.0. The summed E-state index contributed by atoms with van der Waals surface area (Å²) in [6.07, 6.45) is 4.93. The maximum atomic E-state index is 4.38. The van der Waals surface area contributed by atoms with Crippen LogP contribution in [0.4, 0.5) is 5.82 Å². The van der Waals surface area contributed by atoms with Crippen molar-refractivity contribution in [1.29, 1.82) is 0 Å². The van der Waals surface area contributed by atoms with Gasteiger partial charge in [-0.1, -0.05) is 18.2 Å². The molecule has 20 heavy (non-hydrogen) atoms. The van der Waals surface area contributed by atoms with Crippen molar-refractivity contribution in [3.8, 4) is 5.69 Å². The molecule has 0 saturated carbocycles. The topological polar surface area (TPSA) is 59.2 Å². The first-order valence-electron chi connectivity index (χ1n) is 6.20. The highest BCUT2D eigenvalue weighted by molar-refractivity contribution is 5.84. The van der Waals surface area contributed by atoms with Crippen molar-refractivity contribution >= 4 is 23.3 Å². The summed E-state index contributed by atoms with van der Waals surface area (Å²) in [5.74, 6) is 0.602. The third kappa shape index (κ3) is 2.23. The summed E-state index contributed by atoms with van der Waals surface area (Å²) < 4.78 is 1.94. The van der Waals surface area contributed by atoms with E-state index < -0.39 is 0 Å². The Kier molecular flexibility index (Phi) is 3.12. The number of hydrogen-bond acceptors (Lipinski definition) is 4. The highest BCUT2D eigenvalue weighted by Gasteiger charge is 2.10. The Labute approximate surface area is 116 Å². The third-order valence-electron chi connectivity index (χ3n) is 2.77. The first-order valence-corrected chi connectivity index (χ1v) is 6.20. The Hall–Kier alpha value is -2.76. The first-order chi connectivity index (χ1) is 9.75. The fraction of sp³-hybridized carbons (Fsp3) is 0.143. The van der Waals surface area contributed by atoms with E-state index in [1.54, 1.807) is 12.7 Å². The molecule has 2 aromatic heterocycles. The first kappa shape index (κ1) is 12.3. The van der Waals surface area contributed by atoms with Crippen LogP contribution in [0.3, 0.4) is 0 Å². The standard InChI is InChI=1S/C14H14N6/c1-19(2)9-17-13-12-14(16-8-15-13)18-10-20(12)11-6-4-3-5-7-11/h3-10H,1-2H3. The average molecular weight is 266 g/mol. The van der Waals surface area contributed by atoms with Gasteiger partial charge in [-0.25, -0.2) is 19.9 Å². The van der Waals surface area contributed by atoms with E-state index in [1.165, 1.54) is 6.33 Å². The second-order valence-electron chi connectivity index (χ2n) is 4.53. The monoisotopic (exact) mass is 266 g/mol. The molecule has 0 radical (unpaired) electrons. The molecule has 0 saturated heterocycles. The minimum atomic E-state index is 0.602. The van der Waals surface area contributed by atoms with Crippen LogP contribution in [0, 0.1) is 0 Å². The van der Waals surface area contributed by atoms with E-state index in [0.717, 1.165) is 11.2 Å². The Morgan fingerprint density at radius 2 is 1.90 bits per heavy atom. The molecule has 2 heterocycles. The average Bonchev–Trinajstić information content (AvgIpc) is 2.90. The van der Waals surface area contributed by atoms with Crippen LogP contribution in [0.15, 0.2) is 48.0 Å². The lowest BCUT2D eigenvalue weighted by molar-refractivity contribution is 0.643. The van der Waals surface area contributed by atoms with E-state index in [-0.39, 0.29) is 0 Å². The van der Waals surface area contributed by atoms with E-state index in [9.17, 15) is 0 Å². The molecule has 0 unspecified atom stereocenters. The number of fused-ring (bicyclic) bond motifs is 1. The maximum absolute atomic E-state index is 4.38. The summed E-state index contributed by atoms with van der Waals surface area (Å²) in [6.45, 7) is 0. The van der Waals surface area contributed by atoms with E-state index in [0.29, 0.717) is 11.5 Å². The molecule has 3 rings (SSSR count). The summed E-state index contributed by atoms with van der Waals surface area (Å²) in [7, 11) is 3.83. The van der Waals surface area contributed by atoms with E-state index in [4.69, 9.17) is 0 Å². The molecule has 0 fully saturated rings. The van der Waals surface area contributed by atoms with Crippen molar-refractivity contribution in [2.75, 3.05) is 14.1 Å². The van der Waals surface area contributed by atoms with Crippen molar-refractivity contribution in [1.82, 2.24) is 24.4 Å². The Morgan fingerprint density at radius 1 is 1.10 bits per heavy atom. The van der Waals surface area contributed by atoms with Crippen LogP contribution >= 0.6 is 0 Å². The van der Waals surface area contributed by atoms with Crippen molar-refractivity contribution in [2.45, 2.75) is 0 Å². The lowest BCUT2D eigenvalue weighted by Crippen LogP contribution is -2.07. The maximum Gasteiger partial charge on any atom is 0.183 e. The number of benzene rings is 1. The van der Waals surface area contributed by atoms with Gasteiger partial charge in [0.05, 0.1) is 6.34 Å². The molecule has 0 aliphatic rings. The van der Waals surface area contributed by atoms with Crippen molar-refractivity contribution in [2.24, 2.45) is 4.99 Å². The number of aromatic nitrogens is 4. The van der Waals surface area contributed by atoms with Gasteiger partial charge >= 0.3 is 0 Å². The lowest BCUT2D eigenvalue weighted by Gasteiger charge is -2.06. The fourth-order valence-corrected chi connectivity index (χ4v) is 1.89. The van der Waals surface area contributed by atoms with Gasteiger partial charge < -0.3 is 4.90 Å². The normalized spacial score (nSPS) is 11.3. The van der Waals surface area contributed by atoms with Gasteiger partial charge in [-0.3, -0.25) is 4.57 Å². The number of aliphatic imine (C=N–C) groups is 1. The second-order valence-corrected chi connectivity index (χ2v) is 4.53. The number of nitrogens with zero attached hydrogens (tertiary/aromatic N) is 6. The zero-order chi connectivity index (χ0) is 13.9. The Bertz CT molecular complexity index is 745. The molecule has 6 nitrogen and oxygen atoms in total. The highest BCUT2D eigenvalue weighted by atomic mass is 15.2. The van der Waals surface area contributed by atoms with Crippen LogP contribution in [0.2, 0.25) is 0 Å². The summed E-state index contributed by atoms with van der Waals surface area (Å²) in [5, 5.41) is 0. The smallest absolute Gasteiger partial charge is 0.183 e. The third-order valence-corrected chi connectivity index (χ3v) is 2.77. The van der Waals surface area contributed by atoms with Crippen LogP contribution in [0.25, 0.3) is 16.9 Å². The largest absolute Gasteiger partial charge is 0.369 e. The number of para-hydroxylation sites is 1. The molecule has 0 atom stereocenters. The lowest BCUT2D eigenvalue weighted by atomic mass is 10.3. The minimum absolute atomic E-state index is 0.602. The molecule has 0 aliphatic carbocycles. The molecule has 3 aromatic rings. The predicted molar refractivity (Wildman–Crippen MR) is 78.5 cm³/mol. The second kappa shape index (κ2) is 5.08. The van der Waals surface area contributed by atoms with Gasteiger partial charge in [0.25, 0.3) is 0 Å². The summed E-state index contributed by atoms with van der Waals surface area (Å²) in [5.41, 5.74) is 2.44. The van der Waals surface area contributed by atoms with Crippen molar-refractivity contribution in [3.05, 3.63) is 43.0 Å². The van der Waals surface area contributed by atoms with Crippen LogP contribution < -0.4 is 0 Å². The molecule has 0 N–H and O–H groups in total. The van der Waals surface area contributed by atoms with Gasteiger partial charge in [-0.05, 0) is 12.1 Å². The fourth-order valence-electron chi connectivity index (χ4n) is 1.89. The van der Waals surface area contributed by atoms with Gasteiger partial charge in [0, 0.05) is 19.8 Å². The quantitative estimate of drug-likeness (QED) is 0.537. The zero-order valence-corrected chi connectivity index (χ0v) is 11.3. The molecule has 0 aliphatic heterocycles. The van der Waals surface area contributed by atoms with E-state index in [1.807, 2.05) is 53.9 Å². The van der Waals surface area contributed by atoms with Crippen molar-refractivity contribution < 1.29 is 0 Å².